The second-order valence-corrected chi connectivity index (χ2v) is 13.1. The molecular weight excluding hydrogens is 514 g/mol. The number of hydrogen-bond acceptors (Lipinski definition) is 0. The van der Waals surface area contributed by atoms with Gasteiger partial charge in [0.15, 0.2) is 0 Å². The number of hydrogen-bond donors (Lipinski definition) is 0. The van der Waals surface area contributed by atoms with Crippen LogP contribution in [-0.4, -0.2) is 4.57 Å². The van der Waals surface area contributed by atoms with Gasteiger partial charge in [-0.2, -0.15) is 0 Å². The predicted octanol–water partition coefficient (Wildman–Crippen LogP) is 8.72. The van der Waals surface area contributed by atoms with Gasteiger partial charge in [-0.15, -0.1) is 0 Å². The van der Waals surface area contributed by atoms with E-state index < -0.39 is 23.2 Å². The van der Waals surface area contributed by atoms with Crippen molar-refractivity contribution in [2.75, 3.05) is 0 Å². The summed E-state index contributed by atoms with van der Waals surface area (Å²) >= 11 is -0.687. The van der Waals surface area contributed by atoms with Crippen molar-refractivity contribution in [3.8, 4) is 0 Å². The minimum atomic E-state index is -0.687. The molecule has 6 rings (SSSR count). The maximum absolute atomic E-state index is 2.41. The summed E-state index contributed by atoms with van der Waals surface area (Å²) in [5, 5.41) is 0. The van der Waals surface area contributed by atoms with Crippen LogP contribution in [0.15, 0.2) is 130 Å². The van der Waals surface area contributed by atoms with E-state index in [-0.39, 0.29) is 0 Å². The van der Waals surface area contributed by atoms with Gasteiger partial charge in [-0.1, -0.05) is 60.7 Å². The molecule has 1 nitrogen and oxygen atoms in total. The standard InChI is InChI=1S/C14H14.C13H10N.C7H9.Zr/c1-3-7-13(8-4-1)11-12-14-9-5-2-6-10-14;1-2-6-12-10-13(9-11(12)5-1)14-7-3-4-8-14;1-6-4-3-5-7(6)2;/h1-10H,11-12H2;1-10H;4H,3H2,1-2H3;. The first-order valence-electron chi connectivity index (χ1n) is 12.8. The SMILES string of the molecule is CC1=CC[C]([Zr][CH]2C(n3cccc3)=Cc3ccccc32)=C1C.c1ccc(CCc2ccccc2)cc1. The fraction of sp³-hybridized carbons (Fsp3) is 0.176. The molecule has 4 aromatic rings. The number of aromatic nitrogens is 1. The largest absolute Gasteiger partial charge is 0.0622 e. The van der Waals surface area contributed by atoms with Crippen LogP contribution in [-0.2, 0) is 36.1 Å². The molecule has 3 aromatic carbocycles. The predicted molar refractivity (Wildman–Crippen MR) is 149 cm³/mol. The van der Waals surface area contributed by atoms with Gasteiger partial charge >= 0.3 is 144 Å². The van der Waals surface area contributed by atoms with Crippen molar-refractivity contribution in [1.29, 1.82) is 0 Å². The minimum Gasteiger partial charge on any atom is -0.0622 e. The Hall–Kier alpha value is -2.96. The summed E-state index contributed by atoms with van der Waals surface area (Å²) in [4.78, 5) is 0. The monoisotopic (exact) mass is 545 g/mol. The summed E-state index contributed by atoms with van der Waals surface area (Å²) in [6, 6.07) is 34.4. The molecule has 1 aromatic heterocycles. The fourth-order valence-electron chi connectivity index (χ4n) is 4.91. The first-order chi connectivity index (χ1) is 17.7. The van der Waals surface area contributed by atoms with E-state index in [9.17, 15) is 0 Å². The maximum atomic E-state index is 2.41. The molecule has 2 aliphatic carbocycles. The molecule has 0 radical (unpaired) electrons. The molecule has 0 fully saturated rings. The number of rotatable bonds is 6. The average molecular weight is 547 g/mol. The van der Waals surface area contributed by atoms with E-state index in [0.29, 0.717) is 3.63 Å². The first-order valence-corrected chi connectivity index (χ1v) is 15.5. The Morgan fingerprint density at radius 3 is 1.89 bits per heavy atom. The van der Waals surface area contributed by atoms with Crippen molar-refractivity contribution in [3.05, 3.63) is 152 Å². The molecule has 1 unspecified atom stereocenters. The van der Waals surface area contributed by atoms with Gasteiger partial charge in [-0.3, -0.25) is 0 Å². The molecule has 0 aliphatic heterocycles. The Kier molecular flexibility index (Phi) is 8.14. The zero-order chi connectivity index (χ0) is 24.7. The Labute approximate surface area is 227 Å². The minimum absolute atomic E-state index is 0.636. The molecule has 1 heterocycles. The normalized spacial score (nSPS) is 16.1. The second-order valence-electron chi connectivity index (χ2n) is 9.53. The van der Waals surface area contributed by atoms with Crippen molar-refractivity contribution in [1.82, 2.24) is 4.57 Å². The van der Waals surface area contributed by atoms with E-state index in [2.05, 4.69) is 140 Å². The Balaban J connectivity index is 0.000000165. The first kappa shape index (κ1) is 24.7. The molecule has 0 amide bonds. The van der Waals surface area contributed by atoms with Crippen LogP contribution in [0.4, 0.5) is 0 Å². The van der Waals surface area contributed by atoms with Crippen LogP contribution in [0.25, 0.3) is 11.8 Å². The van der Waals surface area contributed by atoms with Gasteiger partial charge in [-0.05, 0) is 24.0 Å². The quantitative estimate of drug-likeness (QED) is 0.228. The van der Waals surface area contributed by atoms with Crippen LogP contribution in [0.1, 0.15) is 46.1 Å². The zero-order valence-corrected chi connectivity index (χ0v) is 23.7. The van der Waals surface area contributed by atoms with Gasteiger partial charge in [0, 0.05) is 0 Å². The molecule has 1 atom stereocenters. The van der Waals surface area contributed by atoms with Crippen molar-refractivity contribution in [2.24, 2.45) is 0 Å². The van der Waals surface area contributed by atoms with Crippen LogP contribution in [0.2, 0.25) is 0 Å². The van der Waals surface area contributed by atoms with Crippen LogP contribution in [0, 0.1) is 0 Å². The number of allylic oxidation sites excluding steroid dienone is 5. The molecule has 0 N–H and O–H groups in total. The molecule has 2 aliphatic rings. The van der Waals surface area contributed by atoms with E-state index in [1.165, 1.54) is 34.4 Å². The summed E-state index contributed by atoms with van der Waals surface area (Å²) in [6.45, 7) is 4.57. The van der Waals surface area contributed by atoms with Gasteiger partial charge < -0.3 is 0 Å². The molecule has 0 bridgehead atoms. The topological polar surface area (TPSA) is 4.93 Å². The van der Waals surface area contributed by atoms with Crippen molar-refractivity contribution < 1.29 is 23.2 Å². The van der Waals surface area contributed by atoms with E-state index >= 15 is 0 Å². The molecular formula is C34H33NZr. The summed E-state index contributed by atoms with van der Waals surface area (Å²) in [5.41, 5.74) is 10.3. The third-order valence-electron chi connectivity index (χ3n) is 7.17. The third kappa shape index (κ3) is 5.88. The van der Waals surface area contributed by atoms with Gasteiger partial charge in [0.25, 0.3) is 0 Å². The van der Waals surface area contributed by atoms with Crippen LogP contribution in [0.5, 0.6) is 0 Å². The zero-order valence-electron chi connectivity index (χ0n) is 21.2. The molecule has 36 heavy (non-hydrogen) atoms. The van der Waals surface area contributed by atoms with Crippen molar-refractivity contribution in [3.63, 3.8) is 0 Å². The summed E-state index contributed by atoms with van der Waals surface area (Å²) in [5.74, 6) is 0. The third-order valence-corrected chi connectivity index (χ3v) is 11.7. The van der Waals surface area contributed by atoms with E-state index in [1.54, 1.807) is 14.4 Å². The van der Waals surface area contributed by atoms with Gasteiger partial charge in [0.05, 0.1) is 0 Å². The summed E-state index contributed by atoms with van der Waals surface area (Å²) < 4.78 is 4.72. The van der Waals surface area contributed by atoms with Crippen molar-refractivity contribution in [2.45, 2.75) is 36.7 Å². The Morgan fingerprint density at radius 2 is 1.31 bits per heavy atom. The van der Waals surface area contributed by atoms with E-state index in [0.717, 1.165) is 12.8 Å². The molecule has 0 saturated heterocycles. The smallest absolute Gasteiger partial charge is 0.0238 e. The molecule has 178 valence electrons. The molecule has 0 spiro atoms. The average Bonchev–Trinajstić information content (AvgIpc) is 3.66. The molecule has 2 heteroatoms. The van der Waals surface area contributed by atoms with E-state index in [4.69, 9.17) is 0 Å². The number of fused-ring (bicyclic) bond motifs is 1. The van der Waals surface area contributed by atoms with E-state index in [1.807, 2.05) is 0 Å². The summed E-state index contributed by atoms with van der Waals surface area (Å²) in [6.07, 6.45) is 12.6. The maximum Gasteiger partial charge on any atom is -0.0238 e. The van der Waals surface area contributed by atoms with Crippen LogP contribution >= 0.6 is 0 Å². The Bertz CT molecular complexity index is 1340. The second kappa shape index (κ2) is 11.9. The Morgan fingerprint density at radius 1 is 0.722 bits per heavy atom. The number of benzene rings is 3. The number of nitrogens with zero attached hydrogens (tertiary/aromatic N) is 1. The summed E-state index contributed by atoms with van der Waals surface area (Å²) in [7, 11) is 0. The molecule has 0 saturated carbocycles. The van der Waals surface area contributed by atoms with Gasteiger partial charge in [0.2, 0.25) is 0 Å². The van der Waals surface area contributed by atoms with Crippen LogP contribution < -0.4 is 0 Å². The van der Waals surface area contributed by atoms with Gasteiger partial charge in [0.1, 0.15) is 0 Å². The number of aryl methyl sites for hydroxylation is 2. The fourth-order valence-corrected chi connectivity index (χ4v) is 9.29. The van der Waals surface area contributed by atoms with Crippen LogP contribution in [0.3, 0.4) is 0 Å². The van der Waals surface area contributed by atoms with Crippen molar-refractivity contribution >= 4 is 11.8 Å². The van der Waals surface area contributed by atoms with Gasteiger partial charge in [-0.25, -0.2) is 0 Å².